The van der Waals surface area contributed by atoms with Gasteiger partial charge in [0.2, 0.25) is 0 Å². The van der Waals surface area contributed by atoms with E-state index in [1.54, 1.807) is 0 Å². The fourth-order valence-electron chi connectivity index (χ4n) is 5.10. The molecule has 0 rings (SSSR count). The second kappa shape index (κ2) is 18.2. The molecule has 0 aliphatic heterocycles. The topological polar surface area (TPSA) is 121 Å². The van der Waals surface area contributed by atoms with Crippen LogP contribution in [0.4, 0.5) is 92.2 Å². The number of aliphatic hydroxyl groups excluding tert-OH is 6. The molecule has 28 heteroatoms. The van der Waals surface area contributed by atoms with Crippen LogP contribution in [-0.4, -0.2) is 121 Å². The maximum absolute atomic E-state index is 14.1. The van der Waals surface area contributed by atoms with E-state index in [1.807, 2.05) is 0 Å². The van der Waals surface area contributed by atoms with Gasteiger partial charge in [0.15, 0.2) is 0 Å². The van der Waals surface area contributed by atoms with E-state index in [-0.39, 0.29) is 0 Å². The van der Waals surface area contributed by atoms with Gasteiger partial charge >= 0.3 is 335 Å². The van der Waals surface area contributed by atoms with E-state index < -0.39 is 171 Å². The molecule has 0 aromatic carbocycles. The van der Waals surface area contributed by atoms with Crippen LogP contribution in [0.2, 0.25) is 2.45 Å². The number of hydrogen-bond donors (Lipinski definition) is 6. The first kappa shape index (κ1) is 57.9. The average molecular weight is 1050 g/mol. The molecule has 6 unspecified atom stereocenters. The molecule has 6 N–H and O–H groups in total. The number of halogens is 21. The molecule has 0 amide bonds. The first-order valence-corrected chi connectivity index (χ1v) is 21.2. The molecule has 0 saturated heterocycles. The Kier molecular flexibility index (Phi) is 18.1. The second-order valence-corrected chi connectivity index (χ2v) is 22.0. The van der Waals surface area contributed by atoms with Gasteiger partial charge in [-0.3, -0.25) is 0 Å². The van der Waals surface area contributed by atoms with Crippen LogP contribution in [0.3, 0.4) is 0 Å². The molecule has 0 aromatic rings. The van der Waals surface area contributed by atoms with Crippen molar-refractivity contribution in [1.82, 2.24) is 0 Å². The Morgan fingerprint density at radius 3 is 0.603 bits per heavy atom. The summed E-state index contributed by atoms with van der Waals surface area (Å²) in [5.41, 5.74) is -6.21. The van der Waals surface area contributed by atoms with Crippen molar-refractivity contribution in [3.8, 4) is 0 Å². The van der Waals surface area contributed by atoms with E-state index in [1.165, 1.54) is 0 Å². The van der Waals surface area contributed by atoms with Crippen LogP contribution in [0, 0.1) is 58.5 Å². The number of hydrogen-bond acceptors (Lipinski definition) is 6. The van der Waals surface area contributed by atoms with Gasteiger partial charge in [-0.25, -0.2) is 0 Å². The number of rotatable bonds is 21. The van der Waals surface area contributed by atoms with Crippen LogP contribution in [0.5, 0.6) is 0 Å². The first-order valence-electron chi connectivity index (χ1n) is 16.1. The maximum atomic E-state index is 14.1. The Bertz CT molecular complexity index is 1180. The number of alkyl halides is 21. The minimum absolute atomic E-state index is 0.700. The monoisotopic (exact) mass is 1050 g/mol. The van der Waals surface area contributed by atoms with Crippen LogP contribution >= 0.6 is 0 Å². The molecule has 0 fully saturated rings. The molecule has 58 heavy (non-hydrogen) atoms. The van der Waals surface area contributed by atoms with Gasteiger partial charge in [-0.05, 0) is 0 Å². The molecular weight excluding hydrogens is 1010 g/mol. The molecule has 0 spiro atoms. The zero-order valence-electron chi connectivity index (χ0n) is 30.7. The fourth-order valence-corrected chi connectivity index (χ4v) is 17.1. The normalized spacial score (nSPS) is 19.1. The molecule has 6 nitrogen and oxygen atoms in total. The molecule has 0 aromatic heterocycles. The Labute approximate surface area is 333 Å². The molecule has 0 aliphatic carbocycles. The summed E-state index contributed by atoms with van der Waals surface area (Å²) >= 11 is -4.13. The summed E-state index contributed by atoms with van der Waals surface area (Å²) in [6.45, 7) is 5.35. The van der Waals surface area contributed by atoms with Crippen LogP contribution in [-0.2, 0) is 0 Å². The Morgan fingerprint density at radius 1 is 0.310 bits per heavy atom. The van der Waals surface area contributed by atoms with E-state index in [4.69, 9.17) is 0 Å². The predicted molar refractivity (Wildman–Crippen MR) is 154 cm³/mol. The summed E-state index contributed by atoms with van der Waals surface area (Å²) in [6, 6.07) is 0. The van der Waals surface area contributed by atoms with Crippen LogP contribution in [0.15, 0.2) is 0 Å². The van der Waals surface area contributed by atoms with Crippen molar-refractivity contribution >= 4 is 0 Å². The molecule has 352 valence electrons. The molecule has 0 radical (unpaired) electrons. The Morgan fingerprint density at radius 2 is 0.466 bits per heavy atom. The summed E-state index contributed by atoms with van der Waals surface area (Å²) in [7, 11) is 0. The van der Waals surface area contributed by atoms with E-state index in [0.717, 1.165) is 41.5 Å². The zero-order valence-corrected chi connectivity index (χ0v) is 33.1. The third-order valence-electron chi connectivity index (χ3n) is 9.23. The molecule has 0 saturated carbocycles. The first-order chi connectivity index (χ1) is 24.9. The molecule has 0 aliphatic rings. The van der Waals surface area contributed by atoms with Gasteiger partial charge in [-0.15, -0.1) is 0 Å². The third-order valence-corrected chi connectivity index (χ3v) is 19.5. The average Bonchev–Trinajstić information content (AvgIpc) is 2.97. The summed E-state index contributed by atoms with van der Waals surface area (Å²) < 4.78 is 278. The van der Waals surface area contributed by atoms with Crippen molar-refractivity contribution in [2.45, 2.75) is 154 Å². The summed E-state index contributed by atoms with van der Waals surface area (Å²) in [5.74, 6) is -39.5. The minimum atomic E-state index is -6.93. The van der Waals surface area contributed by atoms with E-state index in [2.05, 4.69) is 0 Å². The van der Waals surface area contributed by atoms with E-state index in [0.29, 0.717) is 0 Å². The molecular formula is C30H42EuF21O6. The van der Waals surface area contributed by atoms with Gasteiger partial charge in [0.05, 0.1) is 0 Å². The van der Waals surface area contributed by atoms with Crippen molar-refractivity contribution in [3.63, 3.8) is 0 Å². The van der Waals surface area contributed by atoms with Crippen molar-refractivity contribution in [1.29, 1.82) is 0 Å². The zero-order chi connectivity index (χ0) is 47.3. The standard InChI is InChI=1S/3C10H14F7O2.Eu/c3*1-7(2,3)5(18)4-6(19)8(11,12)9(13,14)10(15,16)17;/h3*5-6,18-19H,1,4H2,2-3H3;. The van der Waals surface area contributed by atoms with Crippen molar-refractivity contribution in [3.05, 3.63) is 0 Å². The third kappa shape index (κ3) is 12.3. The summed E-state index contributed by atoms with van der Waals surface area (Å²) in [6.07, 6.45) is -46.1. The van der Waals surface area contributed by atoms with Crippen LogP contribution in [0.1, 0.15) is 60.8 Å². The van der Waals surface area contributed by atoms with Crippen LogP contribution in [0.25, 0.3) is 0 Å². The van der Waals surface area contributed by atoms with Crippen molar-refractivity contribution in [2.24, 2.45) is 16.2 Å². The van der Waals surface area contributed by atoms with Gasteiger partial charge in [0.25, 0.3) is 0 Å². The fraction of sp³-hybridized carbons (Fsp3) is 1.00. The Balaban J connectivity index is 6.90. The number of aliphatic hydroxyl groups is 6. The molecule has 0 bridgehead atoms. The van der Waals surface area contributed by atoms with Crippen LogP contribution < -0.4 is 0 Å². The molecule has 6 atom stereocenters. The van der Waals surface area contributed by atoms with E-state index >= 15 is 0 Å². The van der Waals surface area contributed by atoms with E-state index in [9.17, 15) is 123 Å². The summed E-state index contributed by atoms with van der Waals surface area (Å²) in [5, 5.41) is 61.2. The van der Waals surface area contributed by atoms with Gasteiger partial charge in [-0.2, -0.15) is 0 Å². The summed E-state index contributed by atoms with van der Waals surface area (Å²) in [4.78, 5) is 0. The van der Waals surface area contributed by atoms with Gasteiger partial charge in [0.1, 0.15) is 0 Å². The van der Waals surface area contributed by atoms with Crippen molar-refractivity contribution < 1.29 is 165 Å². The molecule has 0 heterocycles. The van der Waals surface area contributed by atoms with Crippen molar-refractivity contribution in [2.75, 3.05) is 0 Å². The quantitative estimate of drug-likeness (QED) is 0.0641. The predicted octanol–water partition coefficient (Wildman–Crippen LogP) is 8.77. The second-order valence-electron chi connectivity index (χ2n) is 15.8. The Hall–Kier alpha value is -0.126. The van der Waals surface area contributed by atoms with Gasteiger partial charge < -0.3 is 0 Å². The van der Waals surface area contributed by atoms with Gasteiger partial charge in [0, 0.05) is 0 Å². The SMILES string of the molecule is CC(C)([CH2][Eu]([CH2]C(C)(C)C(O)CC(O)C(F)(F)C(F)(F)C(F)(F)F)[CH2]C(C)(C)C(O)CC(O)C(F)(F)C(F)(F)C(F)(F)F)C(O)CC(O)C(F)(F)C(F)(F)C(F)(F)F. The van der Waals surface area contributed by atoms with Gasteiger partial charge in [-0.1, -0.05) is 0 Å².